The number of amides is 2. The Hall–Kier alpha value is -4.21. The predicted octanol–water partition coefficient (Wildman–Crippen LogP) is 4.06. The second-order valence-corrected chi connectivity index (χ2v) is 12.1. The SMILES string of the molecule is CNCC(=O)N1CC2(CC1C(=O)NCc1cc(-c3nc(N)cs3)cs1)OCCO2.O=Cc1ccc(Oc2ccc(F)cc2)cc1. The normalized spacial score (nSPS) is 16.7. The molecule has 6 rings (SSSR count). The van der Waals surface area contributed by atoms with Crippen molar-refractivity contribution in [2.75, 3.05) is 39.1 Å². The highest BCUT2D eigenvalue weighted by Crippen LogP contribution is 2.35. The third-order valence-electron chi connectivity index (χ3n) is 6.98. The summed E-state index contributed by atoms with van der Waals surface area (Å²) in [6.45, 7) is 1.75. The number of carbonyl (C=O) groups is 3. The van der Waals surface area contributed by atoms with Gasteiger partial charge in [0, 0.05) is 33.2 Å². The second kappa shape index (κ2) is 14.7. The van der Waals surface area contributed by atoms with Gasteiger partial charge in [-0.05, 0) is 61.6 Å². The largest absolute Gasteiger partial charge is 0.457 e. The van der Waals surface area contributed by atoms with Gasteiger partial charge < -0.3 is 35.5 Å². The molecule has 4 heterocycles. The molecular formula is C31H32FN5O6S2. The number of nitrogens with two attached hydrogens (primary N) is 1. The summed E-state index contributed by atoms with van der Waals surface area (Å²) in [4.78, 5) is 42.7. The molecule has 2 aliphatic heterocycles. The van der Waals surface area contributed by atoms with Crippen LogP contribution in [0, 0.1) is 5.82 Å². The molecule has 14 heteroatoms. The molecule has 1 spiro atoms. The van der Waals surface area contributed by atoms with Crippen LogP contribution < -0.4 is 21.1 Å². The first-order chi connectivity index (χ1) is 21.8. The van der Waals surface area contributed by atoms with Gasteiger partial charge in [-0.15, -0.1) is 22.7 Å². The van der Waals surface area contributed by atoms with Crippen molar-refractivity contribution in [1.82, 2.24) is 20.5 Å². The second-order valence-electron chi connectivity index (χ2n) is 10.2. The number of hydrogen-bond acceptors (Lipinski definition) is 11. The van der Waals surface area contributed by atoms with Gasteiger partial charge >= 0.3 is 0 Å². The van der Waals surface area contributed by atoms with E-state index < -0.39 is 11.8 Å². The van der Waals surface area contributed by atoms with Crippen molar-refractivity contribution in [1.29, 1.82) is 0 Å². The molecule has 0 saturated carbocycles. The Morgan fingerprint density at radius 2 is 1.80 bits per heavy atom. The fourth-order valence-electron chi connectivity index (χ4n) is 4.84. The monoisotopic (exact) mass is 653 g/mol. The van der Waals surface area contributed by atoms with Crippen molar-refractivity contribution < 1.29 is 33.0 Å². The third kappa shape index (κ3) is 8.29. The van der Waals surface area contributed by atoms with Crippen LogP contribution in [0.4, 0.5) is 10.2 Å². The lowest BCUT2D eigenvalue weighted by Gasteiger charge is -2.24. The van der Waals surface area contributed by atoms with Crippen molar-refractivity contribution in [3.8, 4) is 22.1 Å². The first-order valence-corrected chi connectivity index (χ1v) is 15.8. The van der Waals surface area contributed by atoms with E-state index in [2.05, 4.69) is 15.6 Å². The highest BCUT2D eigenvalue weighted by Gasteiger charge is 2.52. The van der Waals surface area contributed by atoms with Crippen LogP contribution in [0.2, 0.25) is 0 Å². The van der Waals surface area contributed by atoms with Crippen LogP contribution in [0.1, 0.15) is 21.7 Å². The molecule has 0 aliphatic carbocycles. The van der Waals surface area contributed by atoms with Gasteiger partial charge in [-0.2, -0.15) is 0 Å². The highest BCUT2D eigenvalue weighted by molar-refractivity contribution is 7.14. The van der Waals surface area contributed by atoms with Gasteiger partial charge in [0.2, 0.25) is 11.8 Å². The van der Waals surface area contributed by atoms with Gasteiger partial charge in [0.15, 0.2) is 5.79 Å². The Balaban J connectivity index is 0.000000211. The molecule has 1 atom stereocenters. The zero-order valence-corrected chi connectivity index (χ0v) is 26.0. The van der Waals surface area contributed by atoms with E-state index in [9.17, 15) is 18.8 Å². The van der Waals surface area contributed by atoms with E-state index in [0.717, 1.165) is 21.7 Å². The number of carbonyl (C=O) groups excluding carboxylic acids is 3. The summed E-state index contributed by atoms with van der Waals surface area (Å²) in [6.07, 6.45) is 1.10. The lowest BCUT2D eigenvalue weighted by atomic mass is 10.1. The van der Waals surface area contributed by atoms with Crippen LogP contribution in [0.25, 0.3) is 10.6 Å². The molecule has 2 amide bonds. The lowest BCUT2D eigenvalue weighted by molar-refractivity contribution is -0.152. The number of halogens is 1. The minimum atomic E-state index is -0.869. The third-order valence-corrected chi connectivity index (χ3v) is 8.83. The van der Waals surface area contributed by atoms with E-state index >= 15 is 0 Å². The molecule has 2 fully saturated rings. The Morgan fingerprint density at radius 1 is 1.11 bits per heavy atom. The van der Waals surface area contributed by atoms with Gasteiger partial charge in [0.25, 0.3) is 0 Å². The maximum atomic E-state index is 12.9. The molecule has 2 aliphatic rings. The predicted molar refractivity (Wildman–Crippen MR) is 169 cm³/mol. The smallest absolute Gasteiger partial charge is 0.243 e. The van der Waals surface area contributed by atoms with E-state index in [-0.39, 0.29) is 30.7 Å². The molecule has 0 bridgehead atoms. The number of hydrogen-bond donors (Lipinski definition) is 3. The van der Waals surface area contributed by atoms with Gasteiger partial charge in [0.1, 0.15) is 40.5 Å². The molecule has 0 radical (unpaired) electrons. The number of thiazole rings is 1. The van der Waals surface area contributed by atoms with Gasteiger partial charge in [-0.1, -0.05) is 0 Å². The topological polar surface area (TPSA) is 145 Å². The van der Waals surface area contributed by atoms with E-state index in [0.29, 0.717) is 49.1 Å². The molecule has 11 nitrogen and oxygen atoms in total. The Kier molecular flexibility index (Phi) is 10.5. The number of thiophene rings is 1. The summed E-state index contributed by atoms with van der Waals surface area (Å²) in [7, 11) is 1.70. The first kappa shape index (κ1) is 32.2. The number of benzene rings is 2. The summed E-state index contributed by atoms with van der Waals surface area (Å²) < 4.78 is 29.5. The van der Waals surface area contributed by atoms with Crippen molar-refractivity contribution in [3.05, 3.63) is 81.6 Å². The number of likely N-dealkylation sites (N-methyl/N-ethyl adjacent to an activating group) is 1. The lowest BCUT2D eigenvalue weighted by Crippen LogP contribution is -2.48. The van der Waals surface area contributed by atoms with E-state index in [1.807, 2.05) is 11.4 Å². The van der Waals surface area contributed by atoms with Crippen LogP contribution in [0.5, 0.6) is 11.5 Å². The number of aldehydes is 1. The fraction of sp³-hybridized carbons (Fsp3) is 0.290. The molecule has 2 aromatic heterocycles. The van der Waals surface area contributed by atoms with Crippen molar-refractivity contribution in [3.63, 3.8) is 0 Å². The van der Waals surface area contributed by atoms with E-state index in [1.54, 1.807) is 65.1 Å². The van der Waals surface area contributed by atoms with Crippen LogP contribution in [-0.4, -0.2) is 73.2 Å². The zero-order valence-electron chi connectivity index (χ0n) is 24.4. The number of nitrogen functional groups attached to an aromatic ring is 1. The summed E-state index contributed by atoms with van der Waals surface area (Å²) >= 11 is 3.03. The summed E-state index contributed by atoms with van der Waals surface area (Å²) in [5, 5.41) is 10.4. The van der Waals surface area contributed by atoms with Crippen molar-refractivity contribution >= 4 is 46.6 Å². The summed E-state index contributed by atoms with van der Waals surface area (Å²) in [5.41, 5.74) is 7.26. The number of aromatic nitrogens is 1. The number of likely N-dealkylation sites (tertiary alicyclic amines) is 1. The van der Waals surface area contributed by atoms with Crippen LogP contribution in [0.3, 0.4) is 0 Å². The van der Waals surface area contributed by atoms with Crippen LogP contribution >= 0.6 is 22.7 Å². The Bertz CT molecular complexity index is 1610. The van der Waals surface area contributed by atoms with E-state index in [4.69, 9.17) is 19.9 Å². The molecule has 1 unspecified atom stereocenters. The first-order valence-electron chi connectivity index (χ1n) is 14.0. The van der Waals surface area contributed by atoms with Crippen LogP contribution in [-0.2, 0) is 25.6 Å². The molecule has 2 saturated heterocycles. The molecule has 4 N–H and O–H groups in total. The summed E-state index contributed by atoms with van der Waals surface area (Å²) in [6, 6.07) is 13.8. The minimum absolute atomic E-state index is 0.150. The van der Waals surface area contributed by atoms with Gasteiger partial charge in [-0.3, -0.25) is 14.4 Å². The minimum Gasteiger partial charge on any atom is -0.457 e. The van der Waals surface area contributed by atoms with E-state index in [1.165, 1.54) is 23.5 Å². The van der Waals surface area contributed by atoms with Crippen LogP contribution in [0.15, 0.2) is 65.4 Å². The quantitative estimate of drug-likeness (QED) is 0.228. The number of ether oxygens (including phenoxy) is 3. The Morgan fingerprint density at radius 3 is 2.42 bits per heavy atom. The molecular weight excluding hydrogens is 622 g/mol. The molecule has 4 aromatic rings. The summed E-state index contributed by atoms with van der Waals surface area (Å²) in [5.74, 6) is 0.138. The van der Waals surface area contributed by atoms with Crippen molar-refractivity contribution in [2.24, 2.45) is 0 Å². The number of anilines is 1. The average Bonchev–Trinajstić information content (AvgIpc) is 3.86. The maximum Gasteiger partial charge on any atom is 0.243 e. The highest BCUT2D eigenvalue weighted by atomic mass is 32.1. The molecule has 2 aromatic carbocycles. The number of rotatable bonds is 9. The standard InChI is InChI=1S/C18H23N5O4S2.C13H9FO2/c1-20-7-15(24)23-10-18(26-2-3-27-18)5-13(23)16(25)21-6-12-4-11(8-28-12)17-22-14(19)9-29-17;14-11-3-7-13(8-4-11)16-12-5-1-10(9-15)2-6-12/h4,8-9,13,20H,2-3,5-7,10,19H2,1H3,(H,21,25);1-9H. The fourth-order valence-corrected chi connectivity index (χ4v) is 6.42. The van der Waals surface area contributed by atoms with Gasteiger partial charge in [-0.25, -0.2) is 9.37 Å². The number of nitrogens with one attached hydrogen (secondary N) is 2. The zero-order chi connectivity index (χ0) is 31.8. The average molecular weight is 654 g/mol. The maximum absolute atomic E-state index is 12.9. The number of nitrogens with zero attached hydrogens (tertiary/aromatic N) is 2. The molecule has 45 heavy (non-hydrogen) atoms. The van der Waals surface area contributed by atoms with Gasteiger partial charge in [0.05, 0.1) is 32.8 Å². The van der Waals surface area contributed by atoms with Crippen molar-refractivity contribution in [2.45, 2.75) is 24.8 Å². The molecule has 236 valence electrons. The Labute approximate surface area is 267 Å².